The summed E-state index contributed by atoms with van der Waals surface area (Å²) in [5.74, 6) is -0.451. The topological polar surface area (TPSA) is 102 Å². The fraction of sp³-hybridized carbons (Fsp3) is 0.333. The largest absolute Gasteiger partial charge is 0.499 e. The van der Waals surface area contributed by atoms with Crippen LogP contribution in [0.2, 0.25) is 0 Å². The molecule has 0 aliphatic carbocycles. The summed E-state index contributed by atoms with van der Waals surface area (Å²) in [5, 5.41) is 29.0. The molecule has 1 aliphatic rings. The lowest BCUT2D eigenvalue weighted by atomic mass is 10.2. The molecule has 0 bridgehead atoms. The second kappa shape index (κ2) is 3.86. The maximum absolute atomic E-state index is 10.6. The number of benzene rings is 1. The van der Waals surface area contributed by atoms with E-state index in [0.717, 1.165) is 6.07 Å². The number of phenolic OH excluding ortho intramolecular Hbond substituents is 1. The second-order valence-electron chi connectivity index (χ2n) is 3.25. The van der Waals surface area contributed by atoms with Gasteiger partial charge in [0.1, 0.15) is 6.61 Å². The van der Waals surface area contributed by atoms with Crippen LogP contribution in [0, 0.1) is 10.1 Å². The second-order valence-corrected chi connectivity index (χ2v) is 3.25. The van der Waals surface area contributed by atoms with E-state index < -0.39 is 22.5 Å². The van der Waals surface area contributed by atoms with Crippen LogP contribution in [0.4, 0.5) is 5.69 Å². The Morgan fingerprint density at radius 2 is 2.31 bits per heavy atom. The predicted molar refractivity (Wildman–Crippen MR) is 51.8 cm³/mol. The third-order valence-electron chi connectivity index (χ3n) is 2.18. The van der Waals surface area contributed by atoms with E-state index >= 15 is 0 Å². The molecular formula is C9H9NO6. The maximum atomic E-state index is 10.6. The van der Waals surface area contributed by atoms with Crippen molar-refractivity contribution in [1.82, 2.24) is 0 Å². The standard InChI is InChI=1S/C9H9NO6/c11-3-5-4-15-7-2-1-6(10(13)14)8(12)9(7)16-5/h1-2,5,11-12H,3-4H2. The minimum atomic E-state index is -0.721. The molecule has 7 nitrogen and oxygen atoms in total. The van der Waals surface area contributed by atoms with Gasteiger partial charge in [-0.15, -0.1) is 0 Å². The summed E-state index contributed by atoms with van der Waals surface area (Å²) in [6.45, 7) is -0.150. The van der Waals surface area contributed by atoms with Crippen LogP contribution in [0.15, 0.2) is 12.1 Å². The van der Waals surface area contributed by atoms with Crippen LogP contribution in [-0.2, 0) is 0 Å². The van der Waals surface area contributed by atoms with E-state index in [1.807, 2.05) is 0 Å². The number of aliphatic hydroxyl groups excluding tert-OH is 1. The molecule has 2 rings (SSSR count). The number of rotatable bonds is 2. The summed E-state index contributed by atoms with van der Waals surface area (Å²) in [4.78, 5) is 9.84. The zero-order valence-electron chi connectivity index (χ0n) is 8.12. The van der Waals surface area contributed by atoms with E-state index in [0.29, 0.717) is 0 Å². The first kappa shape index (κ1) is 10.5. The Kier molecular flexibility index (Phi) is 2.53. The number of aliphatic hydroxyl groups is 1. The van der Waals surface area contributed by atoms with Crippen molar-refractivity contribution in [3.8, 4) is 17.2 Å². The lowest BCUT2D eigenvalue weighted by Crippen LogP contribution is -2.32. The van der Waals surface area contributed by atoms with E-state index in [2.05, 4.69) is 0 Å². The summed E-state index contributed by atoms with van der Waals surface area (Å²) in [6.07, 6.45) is -0.625. The Balaban J connectivity index is 2.43. The van der Waals surface area contributed by atoms with Gasteiger partial charge in [0.2, 0.25) is 11.5 Å². The van der Waals surface area contributed by atoms with Crippen LogP contribution in [0.5, 0.6) is 17.2 Å². The van der Waals surface area contributed by atoms with Crippen molar-refractivity contribution in [2.24, 2.45) is 0 Å². The van der Waals surface area contributed by atoms with Crippen LogP contribution >= 0.6 is 0 Å². The Labute approximate surface area is 90.0 Å². The van der Waals surface area contributed by atoms with Gasteiger partial charge in [0.05, 0.1) is 11.5 Å². The lowest BCUT2D eigenvalue weighted by Gasteiger charge is -2.25. The third kappa shape index (κ3) is 1.61. The molecule has 1 atom stereocenters. The molecule has 0 amide bonds. The molecule has 1 heterocycles. The third-order valence-corrected chi connectivity index (χ3v) is 2.18. The molecule has 0 fully saturated rings. The van der Waals surface area contributed by atoms with E-state index in [1.165, 1.54) is 6.07 Å². The number of hydrogen-bond donors (Lipinski definition) is 2. The van der Waals surface area contributed by atoms with Gasteiger partial charge in [0, 0.05) is 6.07 Å². The number of fused-ring (bicyclic) bond motifs is 1. The molecule has 1 aromatic rings. The maximum Gasteiger partial charge on any atom is 0.314 e. The minimum Gasteiger partial charge on any atom is -0.499 e. The highest BCUT2D eigenvalue weighted by atomic mass is 16.6. The van der Waals surface area contributed by atoms with Crippen LogP contribution in [0.25, 0.3) is 0 Å². The van der Waals surface area contributed by atoms with E-state index in [1.54, 1.807) is 0 Å². The molecule has 1 unspecified atom stereocenters. The quantitative estimate of drug-likeness (QED) is 0.561. The normalized spacial score (nSPS) is 18.2. The van der Waals surface area contributed by atoms with Crippen molar-refractivity contribution in [2.75, 3.05) is 13.2 Å². The number of nitro groups is 1. The van der Waals surface area contributed by atoms with Gasteiger partial charge in [-0.2, -0.15) is 0 Å². The first-order valence-electron chi connectivity index (χ1n) is 4.54. The van der Waals surface area contributed by atoms with Crippen molar-refractivity contribution in [3.63, 3.8) is 0 Å². The lowest BCUT2D eigenvalue weighted by molar-refractivity contribution is -0.386. The summed E-state index contributed by atoms with van der Waals surface area (Å²) in [7, 11) is 0. The van der Waals surface area contributed by atoms with Crippen molar-refractivity contribution in [3.05, 3.63) is 22.2 Å². The summed E-state index contributed by atoms with van der Waals surface area (Å²) < 4.78 is 10.3. The smallest absolute Gasteiger partial charge is 0.314 e. The Morgan fingerprint density at radius 1 is 1.56 bits per heavy atom. The van der Waals surface area contributed by atoms with Gasteiger partial charge in [-0.1, -0.05) is 0 Å². The summed E-state index contributed by atoms with van der Waals surface area (Å²) >= 11 is 0. The molecule has 2 N–H and O–H groups in total. The van der Waals surface area contributed by atoms with Crippen molar-refractivity contribution >= 4 is 5.69 Å². The zero-order valence-corrected chi connectivity index (χ0v) is 8.12. The highest BCUT2D eigenvalue weighted by Gasteiger charge is 2.28. The van der Waals surface area contributed by atoms with E-state index in [-0.39, 0.29) is 24.7 Å². The highest BCUT2D eigenvalue weighted by molar-refractivity contribution is 5.62. The van der Waals surface area contributed by atoms with Crippen molar-refractivity contribution < 1.29 is 24.6 Å². The molecule has 0 radical (unpaired) electrons. The Bertz CT molecular complexity index is 432. The van der Waals surface area contributed by atoms with Gasteiger partial charge >= 0.3 is 5.69 Å². The van der Waals surface area contributed by atoms with E-state index in [9.17, 15) is 15.2 Å². The van der Waals surface area contributed by atoms with Gasteiger partial charge in [-0.3, -0.25) is 10.1 Å². The first-order valence-corrected chi connectivity index (χ1v) is 4.54. The predicted octanol–water partition coefficient (Wildman–Crippen LogP) is 0.432. The molecule has 16 heavy (non-hydrogen) atoms. The van der Waals surface area contributed by atoms with Crippen molar-refractivity contribution in [1.29, 1.82) is 0 Å². The van der Waals surface area contributed by atoms with Crippen LogP contribution in [0.3, 0.4) is 0 Å². The fourth-order valence-electron chi connectivity index (χ4n) is 1.39. The van der Waals surface area contributed by atoms with Crippen molar-refractivity contribution in [2.45, 2.75) is 6.10 Å². The van der Waals surface area contributed by atoms with Crippen LogP contribution < -0.4 is 9.47 Å². The van der Waals surface area contributed by atoms with E-state index in [4.69, 9.17) is 14.6 Å². The fourth-order valence-corrected chi connectivity index (χ4v) is 1.39. The van der Waals surface area contributed by atoms with Crippen LogP contribution in [0.1, 0.15) is 0 Å². The summed E-state index contributed by atoms with van der Waals surface area (Å²) in [5.41, 5.74) is -0.457. The molecule has 1 aliphatic heterocycles. The number of nitrogens with zero attached hydrogens (tertiary/aromatic N) is 1. The molecule has 1 aromatic carbocycles. The highest BCUT2D eigenvalue weighted by Crippen LogP contribution is 2.45. The first-order chi connectivity index (χ1) is 7.63. The molecule has 0 aromatic heterocycles. The van der Waals surface area contributed by atoms with Gasteiger partial charge < -0.3 is 19.7 Å². The summed E-state index contributed by atoms with van der Waals surface area (Å²) in [6, 6.07) is 2.48. The molecule has 0 spiro atoms. The SMILES string of the molecule is O=[N+]([O-])c1ccc2c(c1O)OC(CO)CO2. The average Bonchev–Trinajstić information content (AvgIpc) is 2.28. The van der Waals surface area contributed by atoms with Gasteiger partial charge in [0.25, 0.3) is 0 Å². The molecule has 86 valence electrons. The number of aromatic hydroxyl groups is 1. The Hall–Kier alpha value is -2.02. The molecule has 0 saturated heterocycles. The number of ether oxygens (including phenoxy) is 2. The number of nitro benzene ring substituents is 1. The zero-order chi connectivity index (χ0) is 11.7. The molecule has 7 heteroatoms. The van der Waals surface area contributed by atoms with Gasteiger partial charge in [-0.05, 0) is 6.07 Å². The molecule has 0 saturated carbocycles. The molecular weight excluding hydrogens is 218 g/mol. The minimum absolute atomic E-state index is 0.0977. The van der Waals surface area contributed by atoms with Gasteiger partial charge in [0.15, 0.2) is 11.9 Å². The van der Waals surface area contributed by atoms with Crippen LogP contribution in [-0.4, -0.2) is 34.5 Å². The number of phenols is 1. The number of hydrogen-bond acceptors (Lipinski definition) is 6. The van der Waals surface area contributed by atoms with Gasteiger partial charge in [-0.25, -0.2) is 0 Å². The average molecular weight is 227 g/mol. The Morgan fingerprint density at radius 3 is 2.94 bits per heavy atom. The monoisotopic (exact) mass is 227 g/mol.